The molecule has 1 heteroatoms. The Bertz CT molecular complexity index is 448. The zero-order chi connectivity index (χ0) is 11.4. The Kier molecular flexibility index (Phi) is 3.99. The molecule has 0 N–H and O–H groups in total. The summed E-state index contributed by atoms with van der Waals surface area (Å²) in [7, 11) is 0. The van der Waals surface area contributed by atoms with Crippen LogP contribution in [0.5, 0.6) is 0 Å². The largest absolute Gasteiger partial charge is 0.0645 e. The molecule has 2 aromatic carbocycles. The van der Waals surface area contributed by atoms with Gasteiger partial charge in [0.1, 0.15) is 0 Å². The van der Waals surface area contributed by atoms with Crippen molar-refractivity contribution < 1.29 is 0 Å². The van der Waals surface area contributed by atoms with Crippen LogP contribution in [0.4, 0.5) is 0 Å². The van der Waals surface area contributed by atoms with Crippen molar-refractivity contribution in [2.75, 3.05) is 0 Å². The summed E-state index contributed by atoms with van der Waals surface area (Å²) in [4.78, 5) is 0. The summed E-state index contributed by atoms with van der Waals surface area (Å²) in [5, 5.41) is 0. The van der Waals surface area contributed by atoms with Crippen molar-refractivity contribution >= 4 is 22.6 Å². The Morgan fingerprint density at radius 2 is 1.62 bits per heavy atom. The summed E-state index contributed by atoms with van der Waals surface area (Å²) in [6.45, 7) is 2.25. The molecule has 0 amide bonds. The highest BCUT2D eigenvalue weighted by molar-refractivity contribution is 14.1. The van der Waals surface area contributed by atoms with Crippen molar-refractivity contribution in [1.82, 2.24) is 0 Å². The highest BCUT2D eigenvalue weighted by atomic mass is 127. The topological polar surface area (TPSA) is 0 Å². The van der Waals surface area contributed by atoms with Crippen LogP contribution in [0, 0.1) is 3.57 Å². The van der Waals surface area contributed by atoms with Gasteiger partial charge in [-0.1, -0.05) is 49.4 Å². The van der Waals surface area contributed by atoms with Gasteiger partial charge in [-0.15, -0.1) is 0 Å². The van der Waals surface area contributed by atoms with Crippen LogP contribution in [-0.2, 0) is 0 Å². The zero-order valence-corrected chi connectivity index (χ0v) is 11.5. The molecule has 0 aromatic heterocycles. The second-order valence-electron chi connectivity index (χ2n) is 3.93. The van der Waals surface area contributed by atoms with Gasteiger partial charge in [0.2, 0.25) is 0 Å². The van der Waals surface area contributed by atoms with Gasteiger partial charge in [-0.3, -0.25) is 0 Å². The Morgan fingerprint density at radius 1 is 0.938 bits per heavy atom. The molecule has 1 atom stereocenters. The first-order valence-electron chi connectivity index (χ1n) is 5.61. The van der Waals surface area contributed by atoms with Crippen LogP contribution in [0.25, 0.3) is 0 Å². The molecule has 0 saturated heterocycles. The molecule has 1 unspecified atom stereocenters. The van der Waals surface area contributed by atoms with Gasteiger partial charge >= 0.3 is 0 Å². The third-order valence-corrected chi connectivity index (χ3v) is 3.53. The van der Waals surface area contributed by atoms with Gasteiger partial charge in [-0.2, -0.15) is 0 Å². The van der Waals surface area contributed by atoms with E-state index in [0.29, 0.717) is 5.92 Å². The van der Waals surface area contributed by atoms with E-state index in [1.807, 2.05) is 0 Å². The van der Waals surface area contributed by atoms with Crippen molar-refractivity contribution in [1.29, 1.82) is 0 Å². The molecule has 0 aliphatic rings. The maximum Gasteiger partial charge on any atom is 0.0133 e. The standard InChI is InChI=1S/C15H15I/c1-2-15(12-7-4-3-5-8-12)13-9-6-10-14(16)11-13/h3-11,15H,2H2,1H3. The molecule has 82 valence electrons. The van der Waals surface area contributed by atoms with E-state index in [0.717, 1.165) is 6.42 Å². The first-order valence-corrected chi connectivity index (χ1v) is 6.69. The number of rotatable bonds is 3. The van der Waals surface area contributed by atoms with Gasteiger partial charge in [0.05, 0.1) is 0 Å². The van der Waals surface area contributed by atoms with Gasteiger partial charge in [-0.25, -0.2) is 0 Å². The number of hydrogen-bond acceptors (Lipinski definition) is 0. The molecule has 0 radical (unpaired) electrons. The van der Waals surface area contributed by atoms with E-state index in [9.17, 15) is 0 Å². The van der Waals surface area contributed by atoms with Crippen LogP contribution in [-0.4, -0.2) is 0 Å². The summed E-state index contributed by atoms with van der Waals surface area (Å²) in [5.41, 5.74) is 2.83. The lowest BCUT2D eigenvalue weighted by Gasteiger charge is -2.16. The van der Waals surface area contributed by atoms with E-state index in [2.05, 4.69) is 84.1 Å². The minimum atomic E-state index is 0.524. The van der Waals surface area contributed by atoms with Gasteiger partial charge in [0.25, 0.3) is 0 Å². The third-order valence-electron chi connectivity index (χ3n) is 2.86. The predicted molar refractivity (Wildman–Crippen MR) is 77.7 cm³/mol. The van der Waals surface area contributed by atoms with E-state index in [4.69, 9.17) is 0 Å². The molecule has 0 heterocycles. The monoisotopic (exact) mass is 322 g/mol. The van der Waals surface area contributed by atoms with Gasteiger partial charge in [0.15, 0.2) is 0 Å². The van der Waals surface area contributed by atoms with Crippen LogP contribution in [0.15, 0.2) is 54.6 Å². The maximum absolute atomic E-state index is 2.37. The molecule has 0 bridgehead atoms. The molecular weight excluding hydrogens is 307 g/mol. The Hall–Kier alpha value is -0.830. The Balaban J connectivity index is 2.37. The first-order chi connectivity index (χ1) is 7.81. The molecule has 0 aliphatic carbocycles. The summed E-state index contributed by atoms with van der Waals surface area (Å²) < 4.78 is 1.31. The highest BCUT2D eigenvalue weighted by Crippen LogP contribution is 2.28. The quantitative estimate of drug-likeness (QED) is 0.710. The summed E-state index contributed by atoms with van der Waals surface area (Å²) in [6, 6.07) is 19.5. The van der Waals surface area contributed by atoms with Crippen molar-refractivity contribution in [3.8, 4) is 0 Å². The highest BCUT2D eigenvalue weighted by Gasteiger charge is 2.11. The molecular formula is C15H15I. The van der Waals surface area contributed by atoms with Crippen LogP contribution >= 0.6 is 22.6 Å². The number of hydrogen-bond donors (Lipinski definition) is 0. The molecule has 0 fully saturated rings. The number of halogens is 1. The average Bonchev–Trinajstić information content (AvgIpc) is 2.31. The second kappa shape index (κ2) is 5.48. The SMILES string of the molecule is CCC(c1ccccc1)c1cccc(I)c1. The maximum atomic E-state index is 2.37. The Labute approximate surface area is 111 Å². The fraction of sp³-hybridized carbons (Fsp3) is 0.200. The summed E-state index contributed by atoms with van der Waals surface area (Å²) >= 11 is 2.37. The minimum absolute atomic E-state index is 0.524. The first kappa shape index (κ1) is 11.6. The third kappa shape index (κ3) is 2.64. The lowest BCUT2D eigenvalue weighted by molar-refractivity contribution is 0.777. The molecule has 16 heavy (non-hydrogen) atoms. The predicted octanol–water partition coefficient (Wildman–Crippen LogP) is 4.83. The molecule has 2 aromatic rings. The smallest absolute Gasteiger partial charge is 0.0133 e. The summed E-state index contributed by atoms with van der Waals surface area (Å²) in [6.07, 6.45) is 1.14. The molecule has 0 saturated carbocycles. The molecule has 0 spiro atoms. The molecule has 0 nitrogen and oxygen atoms in total. The van der Waals surface area contributed by atoms with Crippen molar-refractivity contribution in [3.63, 3.8) is 0 Å². The zero-order valence-electron chi connectivity index (χ0n) is 9.36. The van der Waals surface area contributed by atoms with Crippen LogP contribution in [0.1, 0.15) is 30.4 Å². The second-order valence-corrected chi connectivity index (χ2v) is 5.17. The van der Waals surface area contributed by atoms with Crippen LogP contribution in [0.3, 0.4) is 0 Å². The lowest BCUT2D eigenvalue weighted by atomic mass is 9.89. The van der Waals surface area contributed by atoms with Crippen molar-refractivity contribution in [3.05, 3.63) is 69.3 Å². The van der Waals surface area contributed by atoms with Gasteiger partial charge < -0.3 is 0 Å². The lowest BCUT2D eigenvalue weighted by Crippen LogP contribution is -1.99. The van der Waals surface area contributed by atoms with E-state index < -0.39 is 0 Å². The summed E-state index contributed by atoms with van der Waals surface area (Å²) in [5.74, 6) is 0.524. The van der Waals surface area contributed by atoms with E-state index in [-0.39, 0.29) is 0 Å². The fourth-order valence-electron chi connectivity index (χ4n) is 2.07. The van der Waals surface area contributed by atoms with E-state index in [1.165, 1.54) is 14.7 Å². The van der Waals surface area contributed by atoms with Gasteiger partial charge in [0, 0.05) is 9.49 Å². The van der Waals surface area contributed by atoms with E-state index >= 15 is 0 Å². The van der Waals surface area contributed by atoms with Crippen molar-refractivity contribution in [2.45, 2.75) is 19.3 Å². The fourth-order valence-corrected chi connectivity index (χ4v) is 2.64. The normalized spacial score (nSPS) is 12.4. The van der Waals surface area contributed by atoms with Gasteiger partial charge in [-0.05, 0) is 52.3 Å². The van der Waals surface area contributed by atoms with Crippen molar-refractivity contribution in [2.24, 2.45) is 0 Å². The Morgan fingerprint density at radius 3 is 2.25 bits per heavy atom. The molecule has 2 rings (SSSR count). The van der Waals surface area contributed by atoms with Crippen LogP contribution < -0.4 is 0 Å². The average molecular weight is 322 g/mol. The van der Waals surface area contributed by atoms with Crippen LogP contribution in [0.2, 0.25) is 0 Å². The molecule has 0 aliphatic heterocycles. The minimum Gasteiger partial charge on any atom is -0.0645 e. The number of benzene rings is 2. The van der Waals surface area contributed by atoms with E-state index in [1.54, 1.807) is 0 Å².